The van der Waals surface area contributed by atoms with Gasteiger partial charge in [-0.05, 0) is 42.7 Å². The normalized spacial score (nSPS) is 16.7. The van der Waals surface area contributed by atoms with Crippen molar-refractivity contribution in [3.8, 4) is 11.1 Å². The van der Waals surface area contributed by atoms with E-state index in [0.717, 1.165) is 0 Å². The Morgan fingerprint density at radius 1 is 1.33 bits per heavy atom. The molecule has 1 aromatic heterocycles. The van der Waals surface area contributed by atoms with Crippen molar-refractivity contribution in [3.63, 3.8) is 0 Å². The van der Waals surface area contributed by atoms with E-state index in [2.05, 4.69) is 0 Å². The monoisotopic (exact) mass is 304 g/mol. The molecular weight excluding hydrogens is 292 g/mol. The number of rotatable bonds is 2. The Hall–Kier alpha value is -2.27. The van der Waals surface area contributed by atoms with E-state index in [1.54, 1.807) is 18.2 Å². The number of anilines is 1. The number of hydrogen-bond donors (Lipinski definition) is 2. The lowest BCUT2D eigenvalue weighted by atomic mass is 10.0. The fourth-order valence-electron chi connectivity index (χ4n) is 2.76. The Kier molecular flexibility index (Phi) is 3.22. The molecule has 1 aliphatic rings. The molecular formula is C15H13ClN2O3. The Labute approximate surface area is 125 Å². The highest BCUT2D eigenvalue weighted by Gasteiger charge is 2.29. The van der Waals surface area contributed by atoms with E-state index in [4.69, 9.17) is 22.4 Å². The van der Waals surface area contributed by atoms with Gasteiger partial charge in [0.25, 0.3) is 5.56 Å². The molecule has 0 saturated heterocycles. The first-order chi connectivity index (χ1) is 9.97. The van der Waals surface area contributed by atoms with Gasteiger partial charge in [-0.1, -0.05) is 11.6 Å². The molecule has 0 saturated carbocycles. The molecule has 5 nitrogen and oxygen atoms in total. The van der Waals surface area contributed by atoms with Crippen LogP contribution in [0.15, 0.2) is 35.1 Å². The van der Waals surface area contributed by atoms with Crippen molar-refractivity contribution in [1.29, 1.82) is 0 Å². The minimum atomic E-state index is -0.981. The van der Waals surface area contributed by atoms with Crippen LogP contribution in [0.5, 0.6) is 0 Å². The quantitative estimate of drug-likeness (QED) is 0.834. The summed E-state index contributed by atoms with van der Waals surface area (Å²) in [6, 6.07) is 7.51. The highest BCUT2D eigenvalue weighted by molar-refractivity contribution is 6.31. The summed E-state index contributed by atoms with van der Waals surface area (Å²) in [6.07, 6.45) is 0.986. The van der Waals surface area contributed by atoms with Crippen molar-refractivity contribution in [2.45, 2.75) is 18.9 Å². The van der Waals surface area contributed by atoms with Crippen molar-refractivity contribution < 1.29 is 9.90 Å². The predicted octanol–water partition coefficient (Wildman–Crippen LogP) is 2.32. The van der Waals surface area contributed by atoms with Crippen LogP contribution in [0.25, 0.3) is 11.1 Å². The van der Waals surface area contributed by atoms with Gasteiger partial charge >= 0.3 is 5.97 Å². The van der Waals surface area contributed by atoms with Crippen molar-refractivity contribution in [3.05, 3.63) is 51.4 Å². The highest BCUT2D eigenvalue weighted by Crippen LogP contribution is 2.31. The summed E-state index contributed by atoms with van der Waals surface area (Å²) in [4.78, 5) is 23.4. The van der Waals surface area contributed by atoms with Crippen LogP contribution in [-0.4, -0.2) is 15.6 Å². The molecule has 108 valence electrons. The minimum Gasteiger partial charge on any atom is -0.480 e. The number of aryl methyl sites for hydroxylation is 1. The van der Waals surface area contributed by atoms with E-state index in [1.807, 2.05) is 6.07 Å². The van der Waals surface area contributed by atoms with Gasteiger partial charge < -0.3 is 10.8 Å². The Morgan fingerprint density at radius 3 is 2.81 bits per heavy atom. The molecule has 1 aliphatic heterocycles. The largest absolute Gasteiger partial charge is 0.480 e. The van der Waals surface area contributed by atoms with Crippen LogP contribution in [-0.2, 0) is 11.2 Å². The van der Waals surface area contributed by atoms with Crippen LogP contribution in [0.2, 0.25) is 5.02 Å². The van der Waals surface area contributed by atoms with Crippen LogP contribution < -0.4 is 11.3 Å². The number of fused-ring (bicyclic) bond motifs is 1. The van der Waals surface area contributed by atoms with Gasteiger partial charge in [-0.3, -0.25) is 9.36 Å². The molecule has 0 aliphatic carbocycles. The van der Waals surface area contributed by atoms with Gasteiger partial charge in [0.15, 0.2) is 0 Å². The molecule has 1 atom stereocenters. The maximum Gasteiger partial charge on any atom is 0.326 e. The van der Waals surface area contributed by atoms with E-state index >= 15 is 0 Å². The summed E-state index contributed by atoms with van der Waals surface area (Å²) in [5.74, 6) is -0.981. The van der Waals surface area contributed by atoms with Crippen molar-refractivity contribution in [2.24, 2.45) is 0 Å². The van der Waals surface area contributed by atoms with E-state index < -0.39 is 12.0 Å². The predicted molar refractivity (Wildman–Crippen MR) is 80.6 cm³/mol. The molecule has 0 amide bonds. The first-order valence-electron chi connectivity index (χ1n) is 6.51. The van der Waals surface area contributed by atoms with Crippen LogP contribution >= 0.6 is 11.6 Å². The average molecular weight is 305 g/mol. The lowest BCUT2D eigenvalue weighted by Gasteiger charge is -2.12. The van der Waals surface area contributed by atoms with Gasteiger partial charge in [-0.25, -0.2) is 4.79 Å². The number of hydrogen-bond acceptors (Lipinski definition) is 3. The molecule has 2 heterocycles. The SMILES string of the molecule is Nc1ccc(Cl)cc1-c1cc2n(c(=O)c1)C(C(=O)O)CC2. The zero-order valence-corrected chi connectivity index (χ0v) is 11.8. The van der Waals surface area contributed by atoms with E-state index in [-0.39, 0.29) is 5.56 Å². The first-order valence-corrected chi connectivity index (χ1v) is 6.89. The summed E-state index contributed by atoms with van der Waals surface area (Å²) in [5.41, 5.74) is 8.19. The van der Waals surface area contributed by atoms with Crippen LogP contribution in [0, 0.1) is 0 Å². The number of pyridine rings is 1. The van der Waals surface area contributed by atoms with Gasteiger partial charge in [0.2, 0.25) is 0 Å². The Morgan fingerprint density at radius 2 is 2.10 bits per heavy atom. The zero-order valence-electron chi connectivity index (χ0n) is 11.0. The maximum atomic E-state index is 12.2. The third kappa shape index (κ3) is 2.29. The van der Waals surface area contributed by atoms with Gasteiger partial charge in [-0.15, -0.1) is 0 Å². The lowest BCUT2D eigenvalue weighted by molar-refractivity contribution is -0.140. The van der Waals surface area contributed by atoms with Crippen LogP contribution in [0.1, 0.15) is 18.2 Å². The fraction of sp³-hybridized carbons (Fsp3) is 0.200. The summed E-state index contributed by atoms with van der Waals surface area (Å²) >= 11 is 5.97. The van der Waals surface area contributed by atoms with E-state index in [0.29, 0.717) is 40.4 Å². The molecule has 0 spiro atoms. The van der Waals surface area contributed by atoms with Gasteiger partial charge in [0.1, 0.15) is 6.04 Å². The fourth-order valence-corrected chi connectivity index (χ4v) is 2.93. The number of nitrogen functional groups attached to an aromatic ring is 1. The van der Waals surface area contributed by atoms with E-state index in [9.17, 15) is 9.59 Å². The van der Waals surface area contributed by atoms with Crippen molar-refractivity contribution >= 4 is 23.3 Å². The number of carboxylic acids is 1. The molecule has 3 rings (SSSR count). The number of nitrogens with zero attached hydrogens (tertiary/aromatic N) is 1. The Bertz CT molecular complexity index is 798. The number of nitrogens with two attached hydrogens (primary N) is 1. The highest BCUT2D eigenvalue weighted by atomic mass is 35.5. The molecule has 0 fully saturated rings. The average Bonchev–Trinajstić information content (AvgIpc) is 2.86. The third-order valence-corrected chi connectivity index (χ3v) is 3.98. The van der Waals surface area contributed by atoms with Gasteiger partial charge in [-0.2, -0.15) is 0 Å². The van der Waals surface area contributed by atoms with Crippen molar-refractivity contribution in [2.75, 3.05) is 5.73 Å². The number of aliphatic carboxylic acids is 1. The number of carbonyl (C=O) groups is 1. The molecule has 6 heteroatoms. The number of carboxylic acid groups (broad SMARTS) is 1. The second kappa shape index (κ2) is 4.93. The first kappa shape index (κ1) is 13.7. The molecule has 1 unspecified atom stereocenters. The smallest absolute Gasteiger partial charge is 0.326 e. The summed E-state index contributed by atoms with van der Waals surface area (Å²) in [5, 5.41) is 9.68. The van der Waals surface area contributed by atoms with Gasteiger partial charge in [0.05, 0.1) is 0 Å². The standard InChI is InChI=1S/C15H13ClN2O3/c16-9-1-3-12(17)11(7-9)8-5-10-2-4-13(15(20)21)18(10)14(19)6-8/h1,3,5-7,13H,2,4,17H2,(H,20,21). The van der Waals surface area contributed by atoms with Crippen molar-refractivity contribution in [1.82, 2.24) is 4.57 Å². The molecule has 1 aromatic carbocycles. The third-order valence-electron chi connectivity index (χ3n) is 3.74. The summed E-state index contributed by atoms with van der Waals surface area (Å²) < 4.78 is 1.34. The summed E-state index contributed by atoms with van der Waals surface area (Å²) in [6.45, 7) is 0. The molecule has 3 N–H and O–H groups in total. The minimum absolute atomic E-state index is 0.327. The molecule has 0 bridgehead atoms. The Balaban J connectivity index is 2.16. The van der Waals surface area contributed by atoms with Gasteiger partial charge in [0, 0.05) is 28.0 Å². The number of aromatic nitrogens is 1. The second-order valence-electron chi connectivity index (χ2n) is 5.07. The maximum absolute atomic E-state index is 12.2. The second-order valence-corrected chi connectivity index (χ2v) is 5.50. The lowest BCUT2D eigenvalue weighted by Crippen LogP contribution is -2.27. The van der Waals surface area contributed by atoms with E-state index in [1.165, 1.54) is 10.6 Å². The van der Waals surface area contributed by atoms with Crippen LogP contribution in [0.4, 0.5) is 5.69 Å². The topological polar surface area (TPSA) is 85.3 Å². The summed E-state index contributed by atoms with van der Waals surface area (Å²) in [7, 11) is 0. The molecule has 2 aromatic rings. The molecule has 21 heavy (non-hydrogen) atoms. The van der Waals surface area contributed by atoms with Crippen LogP contribution in [0.3, 0.4) is 0 Å². The zero-order chi connectivity index (χ0) is 15.1. The number of benzene rings is 1. The molecule has 0 radical (unpaired) electrons. The number of halogens is 1.